The molecule has 5 nitrogen and oxygen atoms in total. The molecule has 0 unspecified atom stereocenters. The van der Waals surface area contributed by atoms with Crippen molar-refractivity contribution in [3.05, 3.63) is 30.1 Å². The number of para-hydroxylation sites is 1. The van der Waals surface area contributed by atoms with Crippen molar-refractivity contribution in [2.75, 3.05) is 25.0 Å². The Morgan fingerprint density at radius 2 is 2.05 bits per heavy atom. The number of carboxylic acids is 1. The van der Waals surface area contributed by atoms with Gasteiger partial charge < -0.3 is 10.4 Å². The van der Waals surface area contributed by atoms with Crippen LogP contribution in [0.25, 0.3) is 0 Å². The van der Waals surface area contributed by atoms with Gasteiger partial charge in [0.05, 0.1) is 25.3 Å². The highest BCUT2D eigenvalue weighted by atomic mass is 19.1. The van der Waals surface area contributed by atoms with E-state index in [1.54, 1.807) is 6.07 Å². The third-order valence-corrected chi connectivity index (χ3v) is 2.19. The lowest BCUT2D eigenvalue weighted by molar-refractivity contribution is -0.138. The molecule has 1 amide bonds. The van der Waals surface area contributed by atoms with E-state index in [0.29, 0.717) is 0 Å². The molecule has 0 bridgehead atoms. The van der Waals surface area contributed by atoms with Crippen molar-refractivity contribution in [2.24, 2.45) is 0 Å². The van der Waals surface area contributed by atoms with Gasteiger partial charge in [-0.05, 0) is 12.1 Å². The highest BCUT2D eigenvalue weighted by Gasteiger charge is 2.14. The molecule has 0 aliphatic heterocycles. The number of amides is 1. The first-order valence-electron chi connectivity index (χ1n) is 5.45. The summed E-state index contributed by atoms with van der Waals surface area (Å²) in [6, 6.07) is 5.71. The number of benzene rings is 1. The maximum Gasteiger partial charge on any atom is 0.317 e. The lowest BCUT2D eigenvalue weighted by Gasteiger charge is -2.16. The maximum absolute atomic E-state index is 13.3. The summed E-state index contributed by atoms with van der Waals surface area (Å²) in [5.41, 5.74) is 0.0449. The molecule has 0 aliphatic carbocycles. The van der Waals surface area contributed by atoms with Gasteiger partial charge in [-0.1, -0.05) is 18.1 Å². The Morgan fingerprint density at radius 3 is 2.63 bits per heavy atom. The Kier molecular flexibility index (Phi) is 5.51. The second-order valence-corrected chi connectivity index (χ2v) is 3.77. The van der Waals surface area contributed by atoms with Gasteiger partial charge in [-0.3, -0.25) is 14.5 Å². The molecule has 0 fully saturated rings. The molecule has 2 N–H and O–H groups in total. The van der Waals surface area contributed by atoms with Gasteiger partial charge in [-0.2, -0.15) is 0 Å². The summed E-state index contributed by atoms with van der Waals surface area (Å²) < 4.78 is 13.3. The zero-order valence-corrected chi connectivity index (χ0v) is 10.1. The summed E-state index contributed by atoms with van der Waals surface area (Å²) >= 11 is 0. The zero-order chi connectivity index (χ0) is 14.3. The van der Waals surface area contributed by atoms with Crippen LogP contribution in [0.3, 0.4) is 0 Å². The van der Waals surface area contributed by atoms with Crippen LogP contribution in [0.2, 0.25) is 0 Å². The smallest absolute Gasteiger partial charge is 0.317 e. The molecule has 1 rings (SSSR count). The van der Waals surface area contributed by atoms with Crippen LogP contribution in [0, 0.1) is 18.2 Å². The van der Waals surface area contributed by atoms with Gasteiger partial charge in [0, 0.05) is 0 Å². The topological polar surface area (TPSA) is 69.6 Å². The predicted octanol–water partition coefficient (Wildman–Crippen LogP) is 0.784. The summed E-state index contributed by atoms with van der Waals surface area (Å²) in [5.74, 6) is 0.0893. The Morgan fingerprint density at radius 1 is 1.37 bits per heavy atom. The minimum absolute atomic E-state index is 0.0248. The average Bonchev–Trinajstić information content (AvgIpc) is 2.31. The Hall–Kier alpha value is -2.39. The number of anilines is 1. The number of carbonyl (C=O) groups excluding carboxylic acids is 1. The normalized spacial score (nSPS) is 9.95. The first-order chi connectivity index (χ1) is 9.02. The number of aliphatic carboxylic acids is 1. The van der Waals surface area contributed by atoms with Crippen LogP contribution >= 0.6 is 0 Å². The standard InChI is InChI=1S/C13H13FN2O3/c1-2-7-16(9-13(18)19)8-12(17)15-11-6-4-3-5-10(11)14/h1,3-6H,7-9H2,(H,15,17)(H,18,19). The Labute approximate surface area is 110 Å². The van der Waals surface area contributed by atoms with Gasteiger partial charge in [0.25, 0.3) is 0 Å². The fourth-order valence-electron chi connectivity index (χ4n) is 1.44. The van der Waals surface area contributed by atoms with Gasteiger partial charge in [0.15, 0.2) is 0 Å². The molecular weight excluding hydrogens is 251 g/mol. The number of terminal acetylenes is 1. The largest absolute Gasteiger partial charge is 0.480 e. The quantitative estimate of drug-likeness (QED) is 0.745. The van der Waals surface area contributed by atoms with Crippen LogP contribution in [0.15, 0.2) is 24.3 Å². The molecule has 1 aromatic carbocycles. The van der Waals surface area contributed by atoms with Crippen molar-refractivity contribution in [1.82, 2.24) is 4.90 Å². The van der Waals surface area contributed by atoms with E-state index < -0.39 is 17.7 Å². The number of rotatable bonds is 6. The number of carbonyl (C=O) groups is 2. The van der Waals surface area contributed by atoms with Crippen LogP contribution in [-0.4, -0.2) is 41.5 Å². The first-order valence-corrected chi connectivity index (χ1v) is 5.45. The van der Waals surface area contributed by atoms with Crippen LogP contribution in [0.1, 0.15) is 0 Å². The second kappa shape index (κ2) is 7.13. The van der Waals surface area contributed by atoms with E-state index in [1.807, 2.05) is 0 Å². The molecule has 0 saturated carbocycles. The first kappa shape index (κ1) is 14.7. The third kappa shape index (κ3) is 5.19. The van der Waals surface area contributed by atoms with Crippen LogP contribution in [0.4, 0.5) is 10.1 Å². The van der Waals surface area contributed by atoms with Crippen LogP contribution < -0.4 is 5.32 Å². The number of hydrogen-bond donors (Lipinski definition) is 2. The lowest BCUT2D eigenvalue weighted by Crippen LogP contribution is -2.37. The molecule has 0 saturated heterocycles. The Bertz CT molecular complexity index is 511. The molecule has 0 radical (unpaired) electrons. The average molecular weight is 264 g/mol. The number of nitrogens with zero attached hydrogens (tertiary/aromatic N) is 1. The van der Waals surface area contributed by atoms with Crippen molar-refractivity contribution in [3.63, 3.8) is 0 Å². The molecule has 0 atom stereocenters. The van der Waals surface area contributed by atoms with Gasteiger partial charge in [-0.15, -0.1) is 6.42 Å². The predicted molar refractivity (Wildman–Crippen MR) is 67.9 cm³/mol. The monoisotopic (exact) mass is 264 g/mol. The fourth-order valence-corrected chi connectivity index (χ4v) is 1.44. The molecule has 6 heteroatoms. The number of carboxylic acid groups (broad SMARTS) is 1. The van der Waals surface area contributed by atoms with Crippen LogP contribution in [0.5, 0.6) is 0 Å². The molecule has 100 valence electrons. The van der Waals surface area contributed by atoms with Crippen molar-refractivity contribution < 1.29 is 19.1 Å². The molecule has 1 aromatic rings. The molecule has 0 spiro atoms. The van der Waals surface area contributed by atoms with Gasteiger partial charge in [0.2, 0.25) is 5.91 Å². The SMILES string of the molecule is C#CCN(CC(=O)O)CC(=O)Nc1ccccc1F. The van der Waals surface area contributed by atoms with Gasteiger partial charge >= 0.3 is 5.97 Å². The fraction of sp³-hybridized carbons (Fsp3) is 0.231. The van der Waals surface area contributed by atoms with E-state index in [1.165, 1.54) is 23.1 Å². The molecule has 0 aromatic heterocycles. The highest BCUT2D eigenvalue weighted by molar-refractivity contribution is 5.92. The summed E-state index contributed by atoms with van der Waals surface area (Å²) in [7, 11) is 0. The van der Waals surface area contributed by atoms with E-state index in [2.05, 4.69) is 11.2 Å². The summed E-state index contributed by atoms with van der Waals surface area (Å²) in [4.78, 5) is 23.5. The number of nitrogens with one attached hydrogen (secondary N) is 1. The van der Waals surface area contributed by atoms with E-state index in [4.69, 9.17) is 11.5 Å². The van der Waals surface area contributed by atoms with E-state index in [0.717, 1.165) is 0 Å². The number of hydrogen-bond acceptors (Lipinski definition) is 3. The highest BCUT2D eigenvalue weighted by Crippen LogP contribution is 2.12. The van der Waals surface area contributed by atoms with E-state index >= 15 is 0 Å². The zero-order valence-electron chi connectivity index (χ0n) is 10.1. The second-order valence-electron chi connectivity index (χ2n) is 3.77. The van der Waals surface area contributed by atoms with Crippen molar-refractivity contribution in [3.8, 4) is 12.3 Å². The van der Waals surface area contributed by atoms with Crippen LogP contribution in [-0.2, 0) is 9.59 Å². The minimum Gasteiger partial charge on any atom is -0.480 e. The van der Waals surface area contributed by atoms with Crippen molar-refractivity contribution in [2.45, 2.75) is 0 Å². The van der Waals surface area contributed by atoms with E-state index in [9.17, 15) is 14.0 Å². The van der Waals surface area contributed by atoms with Gasteiger partial charge in [-0.25, -0.2) is 4.39 Å². The molecule has 0 heterocycles. The summed E-state index contributed by atoms with van der Waals surface area (Å²) in [5, 5.41) is 11.0. The summed E-state index contributed by atoms with van der Waals surface area (Å²) in [6.07, 6.45) is 5.08. The van der Waals surface area contributed by atoms with Gasteiger partial charge in [0.1, 0.15) is 5.82 Å². The summed E-state index contributed by atoms with van der Waals surface area (Å²) in [6.45, 7) is -0.545. The van der Waals surface area contributed by atoms with Crippen molar-refractivity contribution in [1.29, 1.82) is 0 Å². The Balaban J connectivity index is 2.60. The van der Waals surface area contributed by atoms with E-state index in [-0.39, 0.29) is 25.3 Å². The molecular formula is C13H13FN2O3. The minimum atomic E-state index is -1.09. The molecule has 0 aliphatic rings. The number of halogens is 1. The lowest BCUT2D eigenvalue weighted by atomic mass is 10.3. The maximum atomic E-state index is 13.3. The molecule has 19 heavy (non-hydrogen) atoms. The van der Waals surface area contributed by atoms with Crippen molar-refractivity contribution >= 4 is 17.6 Å². The third-order valence-electron chi connectivity index (χ3n) is 2.19.